The average molecular weight is 466 g/mol. The van der Waals surface area contributed by atoms with Gasteiger partial charge >= 0.3 is 5.97 Å². The Morgan fingerprint density at radius 1 is 1.18 bits per heavy atom. The number of pyridine rings is 1. The van der Waals surface area contributed by atoms with Crippen molar-refractivity contribution in [3.8, 4) is 0 Å². The number of rotatable bonds is 7. The van der Waals surface area contributed by atoms with Gasteiger partial charge in [-0.05, 0) is 43.7 Å². The maximum Gasteiger partial charge on any atom is 0.340 e. The second kappa shape index (κ2) is 10.3. The Labute approximate surface area is 198 Å². The molecule has 1 N–H and O–H groups in total. The number of nitrogens with one attached hydrogen (secondary N) is 1. The largest absolute Gasteiger partial charge is 0.449 e. The first-order valence-corrected chi connectivity index (χ1v) is 11.8. The Bertz CT molecular complexity index is 1180. The van der Waals surface area contributed by atoms with Gasteiger partial charge in [-0.2, -0.15) is 0 Å². The molecule has 0 bridgehead atoms. The third-order valence-electron chi connectivity index (χ3n) is 5.87. The van der Waals surface area contributed by atoms with Gasteiger partial charge in [0.25, 0.3) is 5.91 Å². The minimum Gasteiger partial charge on any atom is -0.449 e. The quantitative estimate of drug-likeness (QED) is 0.484. The number of aromatic nitrogens is 1. The van der Waals surface area contributed by atoms with E-state index in [0.717, 1.165) is 48.1 Å². The number of esters is 1. The van der Waals surface area contributed by atoms with Crippen LogP contribution in [0.1, 0.15) is 48.3 Å². The maximum atomic E-state index is 13.5. The standard InChI is InChI=1S/C26H28ClN3O3/c1-3-13-30-14-12-22-20(16-30)24(19-10-5-6-11-21(19)29-22)26(32)33-23(4-2)25(31)28-18-9-7-8-17(27)15-18/h5-11,15,23H,3-4,12-14,16H2,1-2H3,(H,28,31). The molecule has 1 aromatic heterocycles. The molecule has 1 atom stereocenters. The van der Waals surface area contributed by atoms with Crippen molar-refractivity contribution in [2.24, 2.45) is 0 Å². The van der Waals surface area contributed by atoms with E-state index in [0.29, 0.717) is 29.2 Å². The highest BCUT2D eigenvalue weighted by Crippen LogP contribution is 2.29. The molecule has 2 aromatic carbocycles. The zero-order valence-electron chi connectivity index (χ0n) is 18.9. The van der Waals surface area contributed by atoms with E-state index in [1.807, 2.05) is 31.2 Å². The summed E-state index contributed by atoms with van der Waals surface area (Å²) in [4.78, 5) is 33.5. The van der Waals surface area contributed by atoms with Crippen LogP contribution in [0.15, 0.2) is 48.5 Å². The van der Waals surface area contributed by atoms with Gasteiger partial charge in [-0.15, -0.1) is 0 Å². The number of fused-ring (bicyclic) bond motifs is 2. The summed E-state index contributed by atoms with van der Waals surface area (Å²) in [5.74, 6) is -0.871. The van der Waals surface area contributed by atoms with Gasteiger partial charge in [-0.25, -0.2) is 4.79 Å². The van der Waals surface area contributed by atoms with E-state index in [4.69, 9.17) is 21.3 Å². The predicted octanol–water partition coefficient (Wildman–Crippen LogP) is 5.23. The summed E-state index contributed by atoms with van der Waals surface area (Å²) in [6, 6.07) is 14.5. The van der Waals surface area contributed by atoms with Gasteiger partial charge in [0.2, 0.25) is 0 Å². The van der Waals surface area contributed by atoms with Crippen molar-refractivity contribution in [1.82, 2.24) is 9.88 Å². The molecular weight excluding hydrogens is 438 g/mol. The van der Waals surface area contributed by atoms with Crippen LogP contribution < -0.4 is 5.32 Å². The Kier molecular flexibility index (Phi) is 7.26. The lowest BCUT2D eigenvalue weighted by Gasteiger charge is -2.30. The van der Waals surface area contributed by atoms with Gasteiger partial charge in [0.1, 0.15) is 0 Å². The number of anilines is 1. The van der Waals surface area contributed by atoms with Crippen molar-refractivity contribution in [2.45, 2.75) is 45.8 Å². The van der Waals surface area contributed by atoms with Gasteiger partial charge in [-0.3, -0.25) is 14.7 Å². The minimum atomic E-state index is -0.922. The molecular formula is C26H28ClN3O3. The highest BCUT2D eigenvalue weighted by Gasteiger charge is 2.29. The van der Waals surface area contributed by atoms with Crippen LogP contribution in [-0.4, -0.2) is 41.0 Å². The number of hydrogen-bond acceptors (Lipinski definition) is 5. The van der Waals surface area contributed by atoms with Gasteiger partial charge in [0, 0.05) is 46.9 Å². The molecule has 0 spiro atoms. The molecule has 172 valence electrons. The molecule has 0 fully saturated rings. The Morgan fingerprint density at radius 2 is 2.00 bits per heavy atom. The monoisotopic (exact) mass is 465 g/mol. The number of halogens is 1. The highest BCUT2D eigenvalue weighted by atomic mass is 35.5. The minimum absolute atomic E-state index is 0.352. The first-order chi connectivity index (χ1) is 16.0. The second-order valence-corrected chi connectivity index (χ2v) is 8.69. The van der Waals surface area contributed by atoms with Crippen molar-refractivity contribution >= 4 is 40.1 Å². The predicted molar refractivity (Wildman–Crippen MR) is 131 cm³/mol. The van der Waals surface area contributed by atoms with E-state index in [2.05, 4.69) is 17.1 Å². The van der Waals surface area contributed by atoms with Crippen LogP contribution in [0.5, 0.6) is 0 Å². The Balaban J connectivity index is 1.64. The van der Waals surface area contributed by atoms with E-state index in [1.165, 1.54) is 0 Å². The molecule has 33 heavy (non-hydrogen) atoms. The van der Waals surface area contributed by atoms with Crippen LogP contribution >= 0.6 is 11.6 Å². The summed E-state index contributed by atoms with van der Waals surface area (Å²) in [6.45, 7) is 6.49. The summed E-state index contributed by atoms with van der Waals surface area (Å²) in [5, 5.41) is 4.06. The molecule has 1 aliphatic rings. The van der Waals surface area contributed by atoms with Crippen LogP contribution in [0.2, 0.25) is 5.02 Å². The van der Waals surface area contributed by atoms with Crippen molar-refractivity contribution < 1.29 is 14.3 Å². The number of benzene rings is 2. The highest BCUT2D eigenvalue weighted by molar-refractivity contribution is 6.30. The zero-order chi connectivity index (χ0) is 23.4. The molecule has 6 nitrogen and oxygen atoms in total. The molecule has 1 amide bonds. The maximum absolute atomic E-state index is 13.5. The van der Waals surface area contributed by atoms with Gasteiger partial charge in [-0.1, -0.05) is 49.7 Å². The summed E-state index contributed by atoms with van der Waals surface area (Å²) in [7, 11) is 0. The van der Waals surface area contributed by atoms with Crippen LogP contribution in [-0.2, 0) is 22.5 Å². The first-order valence-electron chi connectivity index (χ1n) is 11.4. The summed E-state index contributed by atoms with van der Waals surface area (Å²) >= 11 is 6.02. The molecule has 0 saturated carbocycles. The fourth-order valence-corrected chi connectivity index (χ4v) is 4.48. The van der Waals surface area contributed by atoms with Crippen molar-refractivity contribution in [1.29, 1.82) is 0 Å². The fourth-order valence-electron chi connectivity index (χ4n) is 4.29. The topological polar surface area (TPSA) is 71.5 Å². The number of carbonyl (C=O) groups is 2. The van der Waals surface area contributed by atoms with Crippen LogP contribution in [0.3, 0.4) is 0 Å². The van der Waals surface area contributed by atoms with Crippen LogP contribution in [0.25, 0.3) is 10.9 Å². The molecule has 1 aliphatic heterocycles. The molecule has 4 rings (SSSR count). The lowest BCUT2D eigenvalue weighted by Crippen LogP contribution is -2.35. The molecule has 2 heterocycles. The second-order valence-electron chi connectivity index (χ2n) is 8.26. The number of nitrogens with zero attached hydrogens (tertiary/aromatic N) is 2. The number of carbonyl (C=O) groups excluding carboxylic acids is 2. The Hall–Kier alpha value is -2.96. The van der Waals surface area contributed by atoms with E-state index in [1.54, 1.807) is 24.3 Å². The number of amides is 1. The van der Waals surface area contributed by atoms with E-state index in [9.17, 15) is 9.59 Å². The SMILES string of the molecule is CCCN1CCc2nc3ccccc3c(C(=O)OC(CC)C(=O)Nc3cccc(Cl)c3)c2C1. The third-order valence-corrected chi connectivity index (χ3v) is 6.11. The van der Waals surface area contributed by atoms with Crippen LogP contribution in [0, 0.1) is 0 Å². The third kappa shape index (κ3) is 5.18. The van der Waals surface area contributed by atoms with Gasteiger partial charge < -0.3 is 10.1 Å². The smallest absolute Gasteiger partial charge is 0.340 e. The molecule has 0 saturated heterocycles. The molecule has 3 aromatic rings. The fraction of sp³-hybridized carbons (Fsp3) is 0.346. The molecule has 7 heteroatoms. The number of para-hydroxylation sites is 1. The molecule has 0 radical (unpaired) electrons. The van der Waals surface area contributed by atoms with E-state index >= 15 is 0 Å². The Morgan fingerprint density at radius 3 is 2.76 bits per heavy atom. The van der Waals surface area contributed by atoms with Crippen molar-refractivity contribution in [2.75, 3.05) is 18.4 Å². The van der Waals surface area contributed by atoms with E-state index < -0.39 is 12.1 Å². The van der Waals surface area contributed by atoms with Gasteiger partial charge in [0.15, 0.2) is 6.10 Å². The van der Waals surface area contributed by atoms with Crippen molar-refractivity contribution in [3.05, 3.63) is 70.4 Å². The lowest BCUT2D eigenvalue weighted by molar-refractivity contribution is -0.124. The average Bonchev–Trinajstić information content (AvgIpc) is 2.81. The number of hydrogen-bond donors (Lipinski definition) is 1. The first kappa shape index (κ1) is 23.2. The molecule has 1 unspecified atom stereocenters. The summed E-state index contributed by atoms with van der Waals surface area (Å²) in [6.07, 6.45) is 1.25. The van der Waals surface area contributed by atoms with Crippen molar-refractivity contribution in [3.63, 3.8) is 0 Å². The van der Waals surface area contributed by atoms with E-state index in [-0.39, 0.29) is 5.91 Å². The molecule has 0 aliphatic carbocycles. The lowest BCUT2D eigenvalue weighted by atomic mass is 9.95. The number of ether oxygens (including phenoxy) is 1. The normalized spacial score (nSPS) is 14.5. The summed E-state index contributed by atoms with van der Waals surface area (Å²) in [5.41, 5.74) is 3.69. The zero-order valence-corrected chi connectivity index (χ0v) is 19.7. The summed E-state index contributed by atoms with van der Waals surface area (Å²) < 4.78 is 5.79. The van der Waals surface area contributed by atoms with Crippen LogP contribution in [0.4, 0.5) is 5.69 Å². The van der Waals surface area contributed by atoms with Gasteiger partial charge in [0.05, 0.1) is 11.1 Å².